The van der Waals surface area contributed by atoms with E-state index in [0.29, 0.717) is 43.2 Å². The first-order valence-corrected chi connectivity index (χ1v) is 15.6. The first-order chi connectivity index (χ1) is 20.8. The standard InChI is InChI=1S/C32H38FN7O3/c1-20-5-7-31(27-22(20)3-4-25(35)23(27)13-34)12-26-24(15-43-31)28(39-16-30(17-39)8-10-41-18-30)38-29(37-26)42-19-36-32-6-2-9-40(32)14-21(33)11-32/h3-4,19-21H,2,5-12,14-18,35H2,1H3/t20-,21+,31-,32?/m0/s1. The first kappa shape index (κ1) is 27.2. The summed E-state index contributed by atoms with van der Waals surface area (Å²) in [7, 11) is 0. The Balaban J connectivity index is 1.15. The Kier molecular flexibility index (Phi) is 6.23. The summed E-state index contributed by atoms with van der Waals surface area (Å²) < 4.78 is 32.8. The van der Waals surface area contributed by atoms with E-state index in [1.807, 2.05) is 12.1 Å². The van der Waals surface area contributed by atoms with Crippen molar-refractivity contribution in [2.24, 2.45) is 10.4 Å². The van der Waals surface area contributed by atoms with E-state index >= 15 is 0 Å². The Morgan fingerprint density at radius 1 is 1.26 bits per heavy atom. The van der Waals surface area contributed by atoms with Crippen LogP contribution in [0.3, 0.4) is 0 Å². The molecule has 5 aliphatic heterocycles. The van der Waals surface area contributed by atoms with E-state index in [9.17, 15) is 9.65 Å². The van der Waals surface area contributed by atoms with Gasteiger partial charge in [0.1, 0.15) is 29.3 Å². The number of hydrogen-bond donors (Lipinski definition) is 1. The Morgan fingerprint density at radius 2 is 2.14 bits per heavy atom. The summed E-state index contributed by atoms with van der Waals surface area (Å²) >= 11 is 0. The van der Waals surface area contributed by atoms with E-state index in [1.165, 1.54) is 6.40 Å². The summed E-state index contributed by atoms with van der Waals surface area (Å²) in [6, 6.07) is 6.48. The quantitative estimate of drug-likeness (QED) is 0.322. The number of fused-ring (bicyclic) bond motifs is 4. The lowest BCUT2D eigenvalue weighted by Crippen LogP contribution is -2.57. The number of ether oxygens (including phenoxy) is 3. The van der Waals surface area contributed by atoms with Gasteiger partial charge >= 0.3 is 6.01 Å². The zero-order valence-corrected chi connectivity index (χ0v) is 24.6. The third-order valence-corrected chi connectivity index (χ3v) is 10.9. The molecular weight excluding hydrogens is 549 g/mol. The number of nitriles is 1. The predicted molar refractivity (Wildman–Crippen MR) is 158 cm³/mol. The number of rotatable bonds is 4. The van der Waals surface area contributed by atoms with E-state index < -0.39 is 17.4 Å². The van der Waals surface area contributed by atoms with Crippen molar-refractivity contribution in [1.29, 1.82) is 5.26 Å². The van der Waals surface area contributed by atoms with E-state index in [-0.39, 0.29) is 11.4 Å². The second kappa shape index (κ2) is 9.84. The topological polar surface area (TPSA) is 122 Å². The molecule has 2 N–H and O–H groups in total. The van der Waals surface area contributed by atoms with Crippen LogP contribution in [0.5, 0.6) is 6.01 Å². The number of halogens is 1. The minimum Gasteiger partial charge on any atom is -0.412 e. The second-order valence-electron chi connectivity index (χ2n) is 13.6. The molecular formula is C32H38FN7O3. The third-order valence-electron chi connectivity index (χ3n) is 10.9. The molecule has 0 saturated carbocycles. The van der Waals surface area contributed by atoms with Crippen LogP contribution in [-0.2, 0) is 28.1 Å². The fraction of sp³-hybridized carbons (Fsp3) is 0.625. The molecule has 2 aromatic rings. The lowest BCUT2D eigenvalue weighted by Gasteiger charge is -2.49. The molecule has 1 aromatic heterocycles. The van der Waals surface area contributed by atoms with Crippen LogP contribution < -0.4 is 15.4 Å². The highest BCUT2D eigenvalue weighted by atomic mass is 19.1. The molecule has 0 bridgehead atoms. The summed E-state index contributed by atoms with van der Waals surface area (Å²) in [5, 5.41) is 10.1. The van der Waals surface area contributed by atoms with Crippen LogP contribution in [0.25, 0.3) is 0 Å². The molecule has 6 heterocycles. The maximum atomic E-state index is 14.3. The smallest absolute Gasteiger partial charge is 0.325 e. The summed E-state index contributed by atoms with van der Waals surface area (Å²) in [6.45, 7) is 7.10. The van der Waals surface area contributed by atoms with Crippen LogP contribution in [0.4, 0.5) is 15.9 Å². The number of aliphatic imine (C=N–C) groups is 1. The van der Waals surface area contributed by atoms with Gasteiger partial charge in [0.05, 0.1) is 24.5 Å². The van der Waals surface area contributed by atoms with Crippen molar-refractivity contribution in [1.82, 2.24) is 14.9 Å². The maximum Gasteiger partial charge on any atom is 0.325 e. The lowest BCUT2D eigenvalue weighted by atomic mass is 9.69. The zero-order valence-electron chi connectivity index (χ0n) is 24.6. The van der Waals surface area contributed by atoms with Crippen molar-refractivity contribution in [2.45, 2.75) is 81.8 Å². The summed E-state index contributed by atoms with van der Waals surface area (Å²) in [5.74, 6) is 1.12. The average molecular weight is 588 g/mol. The molecule has 10 nitrogen and oxygen atoms in total. The highest BCUT2D eigenvalue weighted by Crippen LogP contribution is 2.52. The molecule has 1 aliphatic carbocycles. The van der Waals surface area contributed by atoms with E-state index in [2.05, 4.69) is 22.8 Å². The highest BCUT2D eigenvalue weighted by molar-refractivity contribution is 5.64. The van der Waals surface area contributed by atoms with Crippen LogP contribution in [0.2, 0.25) is 0 Å². The fourth-order valence-electron chi connectivity index (χ4n) is 8.60. The summed E-state index contributed by atoms with van der Waals surface area (Å²) in [5.41, 5.74) is 10.1. The molecule has 43 heavy (non-hydrogen) atoms. The third kappa shape index (κ3) is 4.25. The van der Waals surface area contributed by atoms with Crippen LogP contribution >= 0.6 is 0 Å². The number of hydrogen-bond acceptors (Lipinski definition) is 10. The van der Waals surface area contributed by atoms with Gasteiger partial charge < -0.3 is 24.8 Å². The molecule has 2 spiro atoms. The monoisotopic (exact) mass is 587 g/mol. The molecule has 1 unspecified atom stereocenters. The van der Waals surface area contributed by atoms with Crippen molar-refractivity contribution in [3.05, 3.63) is 40.1 Å². The summed E-state index contributed by atoms with van der Waals surface area (Å²) in [4.78, 5) is 19.0. The highest BCUT2D eigenvalue weighted by Gasteiger charge is 2.51. The van der Waals surface area contributed by atoms with Crippen LogP contribution in [-0.4, -0.2) is 72.5 Å². The van der Waals surface area contributed by atoms with Gasteiger partial charge in [-0.1, -0.05) is 13.0 Å². The minimum absolute atomic E-state index is 0.172. The van der Waals surface area contributed by atoms with Gasteiger partial charge in [0.25, 0.3) is 0 Å². The number of alkyl halides is 1. The van der Waals surface area contributed by atoms with Gasteiger partial charge in [0.15, 0.2) is 6.40 Å². The number of nitrogens with two attached hydrogens (primary N) is 1. The van der Waals surface area contributed by atoms with Crippen molar-refractivity contribution in [2.75, 3.05) is 50.0 Å². The number of nitrogens with zero attached hydrogens (tertiary/aromatic N) is 6. The van der Waals surface area contributed by atoms with Crippen LogP contribution in [0.15, 0.2) is 17.1 Å². The number of benzene rings is 1. The Morgan fingerprint density at radius 3 is 2.95 bits per heavy atom. The van der Waals surface area contributed by atoms with Gasteiger partial charge in [-0.2, -0.15) is 15.2 Å². The fourth-order valence-corrected chi connectivity index (χ4v) is 8.60. The maximum absolute atomic E-state index is 14.3. The van der Waals surface area contributed by atoms with Gasteiger partial charge in [-0.3, -0.25) is 4.90 Å². The van der Waals surface area contributed by atoms with Gasteiger partial charge in [0.2, 0.25) is 0 Å². The molecule has 226 valence electrons. The van der Waals surface area contributed by atoms with Crippen molar-refractivity contribution in [3.63, 3.8) is 0 Å². The lowest BCUT2D eigenvalue weighted by molar-refractivity contribution is -0.0873. The zero-order chi connectivity index (χ0) is 29.4. The van der Waals surface area contributed by atoms with Crippen molar-refractivity contribution < 1.29 is 18.6 Å². The van der Waals surface area contributed by atoms with Gasteiger partial charge in [-0.25, -0.2) is 9.38 Å². The SMILES string of the molecule is C[C@H]1CC[C@]2(Cc3nc(OC=NC45CCCN4C[C@H](F)C5)nc(N4CC5(CCOC5)C4)c3CO2)c2c1ccc(N)c2C#N. The van der Waals surface area contributed by atoms with Crippen molar-refractivity contribution in [3.8, 4) is 12.1 Å². The molecule has 6 aliphatic rings. The average Bonchev–Trinajstić information content (AvgIpc) is 3.68. The molecule has 4 saturated heterocycles. The summed E-state index contributed by atoms with van der Waals surface area (Å²) in [6.07, 6.45) is 6.02. The molecule has 1 aromatic carbocycles. The second-order valence-corrected chi connectivity index (χ2v) is 13.6. The van der Waals surface area contributed by atoms with E-state index in [4.69, 9.17) is 34.9 Å². The first-order valence-electron chi connectivity index (χ1n) is 15.6. The largest absolute Gasteiger partial charge is 0.412 e. The number of nitrogen functional groups attached to an aromatic ring is 1. The van der Waals surface area contributed by atoms with Crippen molar-refractivity contribution >= 4 is 17.9 Å². The van der Waals surface area contributed by atoms with Gasteiger partial charge in [-0.05, 0) is 49.7 Å². The van der Waals surface area contributed by atoms with Crippen LogP contribution in [0.1, 0.15) is 79.3 Å². The van der Waals surface area contributed by atoms with E-state index in [1.54, 1.807) is 0 Å². The molecule has 8 rings (SSSR count). The molecule has 4 atom stereocenters. The predicted octanol–water partition coefficient (Wildman–Crippen LogP) is 3.96. The van der Waals surface area contributed by atoms with Gasteiger partial charge in [-0.15, -0.1) is 0 Å². The molecule has 0 radical (unpaired) electrons. The molecule has 4 fully saturated rings. The Hall–Kier alpha value is -3.33. The minimum atomic E-state index is -0.869. The molecule has 11 heteroatoms. The van der Waals surface area contributed by atoms with E-state index in [0.717, 1.165) is 93.2 Å². The van der Waals surface area contributed by atoms with Gasteiger partial charge in [0, 0.05) is 67.9 Å². The number of aromatic nitrogens is 2. The van der Waals surface area contributed by atoms with Crippen LogP contribution in [0, 0.1) is 16.7 Å². The molecule has 0 amide bonds. The Bertz CT molecular complexity index is 1530. The normalized spacial score (nSPS) is 32.5. The number of anilines is 2. The Labute approximate surface area is 251 Å².